The highest BCUT2D eigenvalue weighted by atomic mass is 16.5. The summed E-state index contributed by atoms with van der Waals surface area (Å²) < 4.78 is 5.61. The van der Waals surface area contributed by atoms with Crippen molar-refractivity contribution >= 4 is 35.1 Å². The number of anilines is 2. The van der Waals surface area contributed by atoms with Crippen LogP contribution >= 0.6 is 0 Å². The van der Waals surface area contributed by atoms with E-state index in [2.05, 4.69) is 6.92 Å². The third kappa shape index (κ3) is 4.23. The summed E-state index contributed by atoms with van der Waals surface area (Å²) in [5, 5.41) is 0. The van der Waals surface area contributed by atoms with Gasteiger partial charge in [-0.2, -0.15) is 0 Å². The Morgan fingerprint density at radius 1 is 0.972 bits per heavy atom. The average molecular weight is 487 g/mol. The molecule has 2 aromatic carbocycles. The van der Waals surface area contributed by atoms with Gasteiger partial charge in [0, 0.05) is 18.7 Å². The fraction of sp³-hybridized carbons (Fsp3) is 0.379. The van der Waals surface area contributed by atoms with Gasteiger partial charge < -0.3 is 9.64 Å². The first kappa shape index (κ1) is 24.0. The van der Waals surface area contributed by atoms with Crippen LogP contribution in [0.25, 0.3) is 0 Å². The minimum absolute atomic E-state index is 0.0957. The van der Waals surface area contributed by atoms with Crippen molar-refractivity contribution in [1.82, 2.24) is 0 Å². The number of hydrogen-bond donors (Lipinski definition) is 0. The maximum atomic E-state index is 13.1. The van der Waals surface area contributed by atoms with Crippen molar-refractivity contribution in [1.29, 1.82) is 0 Å². The molecule has 2 aromatic rings. The van der Waals surface area contributed by atoms with E-state index in [1.807, 2.05) is 37.3 Å². The molecule has 0 bridgehead atoms. The van der Waals surface area contributed by atoms with Crippen LogP contribution in [0.3, 0.4) is 0 Å². The molecule has 0 spiro atoms. The fourth-order valence-corrected chi connectivity index (χ4v) is 5.44. The van der Waals surface area contributed by atoms with E-state index in [-0.39, 0.29) is 42.5 Å². The molecule has 2 heterocycles. The summed E-state index contributed by atoms with van der Waals surface area (Å²) in [6, 6.07) is 12.7. The molecular formula is C29H30N2O5. The molecule has 0 saturated carbocycles. The van der Waals surface area contributed by atoms with Gasteiger partial charge in [0.15, 0.2) is 0 Å². The zero-order chi connectivity index (χ0) is 25.6. The van der Waals surface area contributed by atoms with Crippen molar-refractivity contribution in [3.8, 4) is 5.75 Å². The molecule has 2 saturated heterocycles. The number of allylic oxidation sites excluding steroid dienone is 2. The lowest BCUT2D eigenvalue weighted by molar-refractivity contribution is -0.139. The Kier molecular flexibility index (Phi) is 6.24. The van der Waals surface area contributed by atoms with E-state index in [9.17, 15) is 19.2 Å². The van der Waals surface area contributed by atoms with Crippen LogP contribution in [0.1, 0.15) is 44.2 Å². The molecule has 0 N–H and O–H groups in total. The quantitative estimate of drug-likeness (QED) is 0.271. The Morgan fingerprint density at radius 2 is 1.69 bits per heavy atom. The highest BCUT2D eigenvalue weighted by molar-refractivity contribution is 6.22. The highest BCUT2D eigenvalue weighted by Crippen LogP contribution is 2.41. The molecule has 2 aliphatic heterocycles. The van der Waals surface area contributed by atoms with E-state index in [0.717, 1.165) is 17.7 Å². The van der Waals surface area contributed by atoms with Gasteiger partial charge in [-0.1, -0.05) is 30.7 Å². The van der Waals surface area contributed by atoms with Gasteiger partial charge in [0.25, 0.3) is 0 Å². The number of carbonyl (C=O) groups is 4. The van der Waals surface area contributed by atoms with E-state index < -0.39 is 11.9 Å². The second-order valence-electron chi connectivity index (χ2n) is 10.0. The summed E-state index contributed by atoms with van der Waals surface area (Å²) in [5.74, 6) is -1.76. The molecule has 186 valence electrons. The lowest BCUT2D eigenvalue weighted by atomic mass is 9.82. The van der Waals surface area contributed by atoms with Gasteiger partial charge in [-0.05, 0) is 74.6 Å². The number of ether oxygens (including phenoxy) is 1. The molecule has 5 rings (SSSR count). The van der Waals surface area contributed by atoms with E-state index in [0.29, 0.717) is 29.8 Å². The molecule has 3 aliphatic rings. The monoisotopic (exact) mass is 486 g/mol. The smallest absolute Gasteiger partial charge is 0.316 e. The Hall–Kier alpha value is -3.74. The van der Waals surface area contributed by atoms with Gasteiger partial charge in [0.1, 0.15) is 5.75 Å². The molecule has 3 atom stereocenters. The Bertz CT molecular complexity index is 1280. The molecule has 7 nitrogen and oxygen atoms in total. The number of rotatable bonds is 5. The Labute approximate surface area is 210 Å². The van der Waals surface area contributed by atoms with Crippen molar-refractivity contribution in [3.05, 3.63) is 65.2 Å². The van der Waals surface area contributed by atoms with Gasteiger partial charge in [-0.15, -0.1) is 0 Å². The topological polar surface area (TPSA) is 84.0 Å². The normalized spacial score (nSPS) is 23.7. The minimum Gasteiger partial charge on any atom is -0.426 e. The van der Waals surface area contributed by atoms with Gasteiger partial charge in [0.2, 0.25) is 17.7 Å². The number of benzene rings is 2. The molecule has 7 heteroatoms. The second-order valence-corrected chi connectivity index (χ2v) is 10.0. The van der Waals surface area contributed by atoms with Crippen molar-refractivity contribution in [2.24, 2.45) is 17.8 Å². The summed E-state index contributed by atoms with van der Waals surface area (Å²) in [4.78, 5) is 54.4. The van der Waals surface area contributed by atoms with Gasteiger partial charge in [-0.25, -0.2) is 4.90 Å². The van der Waals surface area contributed by atoms with Gasteiger partial charge >= 0.3 is 5.97 Å². The SMILES string of the molecule is CCc1ccc(N2C[C@H](C(=O)Oc3ccc(N4C(=O)[C@H]5CC(C)=CC[C@H]5C4=O)c(C)c3)CC2=O)cc1. The maximum Gasteiger partial charge on any atom is 0.316 e. The number of amides is 3. The van der Waals surface area contributed by atoms with Crippen molar-refractivity contribution in [2.45, 2.75) is 46.5 Å². The lowest BCUT2D eigenvalue weighted by Crippen LogP contribution is -2.31. The van der Waals surface area contributed by atoms with Crippen LogP contribution < -0.4 is 14.5 Å². The number of esters is 1. The zero-order valence-corrected chi connectivity index (χ0v) is 20.8. The molecular weight excluding hydrogens is 456 g/mol. The third-order valence-corrected chi connectivity index (χ3v) is 7.57. The van der Waals surface area contributed by atoms with Crippen LogP contribution in [0.2, 0.25) is 0 Å². The van der Waals surface area contributed by atoms with Crippen molar-refractivity contribution in [2.75, 3.05) is 16.3 Å². The largest absolute Gasteiger partial charge is 0.426 e. The van der Waals surface area contributed by atoms with Crippen LogP contribution in [0, 0.1) is 24.7 Å². The van der Waals surface area contributed by atoms with Crippen LogP contribution in [0.4, 0.5) is 11.4 Å². The maximum absolute atomic E-state index is 13.1. The molecule has 1 aliphatic carbocycles. The van der Waals surface area contributed by atoms with E-state index in [1.54, 1.807) is 30.0 Å². The Balaban J connectivity index is 1.27. The fourth-order valence-electron chi connectivity index (χ4n) is 5.44. The third-order valence-electron chi connectivity index (χ3n) is 7.57. The minimum atomic E-state index is -0.566. The van der Waals surface area contributed by atoms with Crippen LogP contribution in [0.15, 0.2) is 54.1 Å². The number of imide groups is 1. The predicted octanol–water partition coefficient (Wildman–Crippen LogP) is 4.36. The first-order valence-electron chi connectivity index (χ1n) is 12.5. The summed E-state index contributed by atoms with van der Waals surface area (Å²) in [5.41, 5.74) is 4.29. The molecule has 2 fully saturated rings. The lowest BCUT2D eigenvalue weighted by Gasteiger charge is -2.19. The number of hydrogen-bond acceptors (Lipinski definition) is 5. The van der Waals surface area contributed by atoms with Gasteiger partial charge in [-0.3, -0.25) is 19.2 Å². The van der Waals surface area contributed by atoms with Crippen LogP contribution in [-0.2, 0) is 25.6 Å². The molecule has 0 aromatic heterocycles. The first-order valence-corrected chi connectivity index (χ1v) is 12.5. The van der Waals surface area contributed by atoms with Crippen LogP contribution in [-0.4, -0.2) is 30.2 Å². The second kappa shape index (κ2) is 9.37. The summed E-state index contributed by atoms with van der Waals surface area (Å²) in [7, 11) is 0. The van der Waals surface area contributed by atoms with Crippen LogP contribution in [0.5, 0.6) is 5.75 Å². The highest BCUT2D eigenvalue weighted by Gasteiger charge is 2.49. The molecule has 0 radical (unpaired) electrons. The number of nitrogens with zero attached hydrogens (tertiary/aromatic N) is 2. The molecule has 0 unspecified atom stereocenters. The standard InChI is InChI=1S/C29H30N2O5/c1-4-19-6-8-21(9-7-19)30-16-20(15-26(30)32)29(35)36-22-10-12-25(18(3)14-22)31-27(33)23-11-5-17(2)13-24(23)28(31)34/h5-10,12,14,20,23-24H,4,11,13,15-16H2,1-3H3/t20-,23-,24+/m1/s1. The Morgan fingerprint density at radius 3 is 2.39 bits per heavy atom. The van der Waals surface area contributed by atoms with E-state index in [4.69, 9.17) is 4.74 Å². The van der Waals surface area contributed by atoms with Gasteiger partial charge in [0.05, 0.1) is 23.4 Å². The van der Waals surface area contributed by atoms with Crippen molar-refractivity contribution in [3.63, 3.8) is 0 Å². The van der Waals surface area contributed by atoms with Crippen molar-refractivity contribution < 1.29 is 23.9 Å². The number of carbonyl (C=O) groups excluding carboxylic acids is 4. The molecule has 36 heavy (non-hydrogen) atoms. The zero-order valence-electron chi connectivity index (χ0n) is 20.8. The van der Waals surface area contributed by atoms with E-state index >= 15 is 0 Å². The predicted molar refractivity (Wildman–Crippen MR) is 136 cm³/mol. The molecule has 3 amide bonds. The first-order chi connectivity index (χ1) is 17.3. The summed E-state index contributed by atoms with van der Waals surface area (Å²) in [6.45, 7) is 6.12. The number of fused-ring (bicyclic) bond motifs is 1. The van der Waals surface area contributed by atoms with E-state index in [1.165, 1.54) is 10.5 Å². The number of aryl methyl sites for hydroxylation is 2. The summed E-state index contributed by atoms with van der Waals surface area (Å²) >= 11 is 0. The average Bonchev–Trinajstić information content (AvgIpc) is 3.37. The summed E-state index contributed by atoms with van der Waals surface area (Å²) in [6.07, 6.45) is 4.25.